The highest BCUT2D eigenvalue weighted by atomic mass is 32.3. The second kappa shape index (κ2) is 5.03. The van der Waals surface area contributed by atoms with E-state index in [9.17, 15) is 17.1 Å². The number of hydrogen-bond donors (Lipinski definition) is 0. The molecule has 1 aliphatic rings. The van der Waals surface area contributed by atoms with Crippen molar-refractivity contribution in [3.63, 3.8) is 0 Å². The third-order valence-electron chi connectivity index (χ3n) is 3.40. The third kappa shape index (κ3) is 2.99. The molecule has 21 heavy (non-hydrogen) atoms. The predicted molar refractivity (Wildman–Crippen MR) is 74.9 cm³/mol. The lowest BCUT2D eigenvalue weighted by atomic mass is 10.1. The Bertz CT molecular complexity index is 809. The molecule has 8 heteroatoms. The van der Waals surface area contributed by atoms with Gasteiger partial charge < -0.3 is 4.90 Å². The largest absolute Gasteiger partial charge is 0.312 e. The molecule has 1 aromatic carbocycles. The van der Waals surface area contributed by atoms with E-state index in [4.69, 9.17) is 0 Å². The smallest absolute Gasteiger partial charge is 0.302 e. The van der Waals surface area contributed by atoms with E-state index in [0.29, 0.717) is 16.7 Å². The van der Waals surface area contributed by atoms with Gasteiger partial charge in [0.15, 0.2) is 0 Å². The van der Waals surface area contributed by atoms with Crippen LogP contribution >= 0.6 is 0 Å². The molecule has 2 heterocycles. The Morgan fingerprint density at radius 1 is 1.24 bits per heavy atom. The van der Waals surface area contributed by atoms with Gasteiger partial charge in [0.1, 0.15) is 0 Å². The third-order valence-corrected chi connectivity index (χ3v) is 4.27. The average Bonchev–Trinajstić information content (AvgIpc) is 2.76. The van der Waals surface area contributed by atoms with E-state index in [1.807, 2.05) is 0 Å². The van der Waals surface area contributed by atoms with Gasteiger partial charge in [-0.1, -0.05) is 0 Å². The van der Waals surface area contributed by atoms with Gasteiger partial charge in [-0.15, -0.1) is 3.89 Å². The van der Waals surface area contributed by atoms with Crippen LogP contribution in [0.15, 0.2) is 30.6 Å². The van der Waals surface area contributed by atoms with Gasteiger partial charge in [0.2, 0.25) is 5.91 Å². The zero-order valence-electron chi connectivity index (χ0n) is 10.9. The van der Waals surface area contributed by atoms with Crippen molar-refractivity contribution in [2.24, 2.45) is 5.92 Å². The van der Waals surface area contributed by atoms with E-state index in [1.54, 1.807) is 30.6 Å². The number of carbonyl (C=O) groups is 1. The zero-order valence-corrected chi connectivity index (χ0v) is 11.8. The second-order valence-corrected chi connectivity index (χ2v) is 6.42. The van der Waals surface area contributed by atoms with Gasteiger partial charge in [0.25, 0.3) is 0 Å². The lowest BCUT2D eigenvalue weighted by Gasteiger charge is -2.16. The van der Waals surface area contributed by atoms with Crippen LogP contribution in [0.25, 0.3) is 11.0 Å². The molecule has 3 rings (SSSR count). The molecule has 1 saturated heterocycles. The van der Waals surface area contributed by atoms with Gasteiger partial charge in [-0.2, -0.15) is 8.42 Å². The van der Waals surface area contributed by atoms with Crippen molar-refractivity contribution in [3.05, 3.63) is 30.6 Å². The molecule has 1 amide bonds. The molecule has 1 aliphatic heterocycles. The summed E-state index contributed by atoms with van der Waals surface area (Å²) in [5.74, 6) is -1.36. The number of carbonyl (C=O) groups excluding carboxylic acids is 1. The van der Waals surface area contributed by atoms with Crippen LogP contribution in [0.1, 0.15) is 6.42 Å². The quantitative estimate of drug-likeness (QED) is 0.798. The summed E-state index contributed by atoms with van der Waals surface area (Å²) in [5.41, 5.74) is 1.96. The summed E-state index contributed by atoms with van der Waals surface area (Å²) in [6.45, 7) is 0.188. The number of hydrogen-bond acceptors (Lipinski definition) is 5. The Morgan fingerprint density at radius 3 is 2.67 bits per heavy atom. The predicted octanol–water partition coefficient (Wildman–Crippen LogP) is 1.28. The number of aromatic nitrogens is 2. The van der Waals surface area contributed by atoms with Gasteiger partial charge in [-0.25, -0.2) is 0 Å². The standard InChI is InChI=1S/C13H12FN3O3S/c14-21(19,20)8-9-5-13(18)17(7-9)10-1-2-11-12(6-10)16-4-3-15-11/h1-4,6,9H,5,7-8H2. The van der Waals surface area contributed by atoms with E-state index in [1.165, 1.54) is 4.90 Å². The van der Waals surface area contributed by atoms with Crippen LogP contribution in [0.3, 0.4) is 0 Å². The monoisotopic (exact) mass is 309 g/mol. The Morgan fingerprint density at radius 2 is 1.95 bits per heavy atom. The summed E-state index contributed by atoms with van der Waals surface area (Å²) in [7, 11) is -4.57. The summed E-state index contributed by atoms with van der Waals surface area (Å²) in [6, 6.07) is 5.18. The van der Waals surface area contributed by atoms with E-state index < -0.39 is 21.9 Å². The summed E-state index contributed by atoms with van der Waals surface area (Å²) in [4.78, 5) is 21.7. The maximum absolute atomic E-state index is 12.7. The minimum absolute atomic E-state index is 0.0294. The van der Waals surface area contributed by atoms with Crippen LogP contribution in [-0.4, -0.2) is 36.6 Å². The van der Waals surface area contributed by atoms with Gasteiger partial charge in [-0.05, 0) is 18.2 Å². The molecule has 0 saturated carbocycles. The van der Waals surface area contributed by atoms with Crippen LogP contribution in [-0.2, 0) is 15.0 Å². The van der Waals surface area contributed by atoms with Gasteiger partial charge >= 0.3 is 10.2 Å². The van der Waals surface area contributed by atoms with Crippen LogP contribution in [0.2, 0.25) is 0 Å². The van der Waals surface area contributed by atoms with Crippen molar-refractivity contribution < 1.29 is 17.1 Å². The van der Waals surface area contributed by atoms with Crippen LogP contribution in [0.4, 0.5) is 9.57 Å². The van der Waals surface area contributed by atoms with Crippen molar-refractivity contribution in [3.8, 4) is 0 Å². The number of anilines is 1. The molecule has 0 spiro atoms. The summed E-state index contributed by atoms with van der Waals surface area (Å²) in [5, 5.41) is 0. The topological polar surface area (TPSA) is 80.2 Å². The fourth-order valence-electron chi connectivity index (χ4n) is 2.54. The SMILES string of the molecule is O=C1CC(CS(=O)(=O)F)CN1c1ccc2nccnc2c1. The highest BCUT2D eigenvalue weighted by molar-refractivity contribution is 7.86. The Kier molecular flexibility index (Phi) is 3.32. The average molecular weight is 309 g/mol. The van der Waals surface area contributed by atoms with E-state index in [0.717, 1.165) is 0 Å². The first kappa shape index (κ1) is 13.9. The maximum Gasteiger partial charge on any atom is 0.302 e. The molecule has 1 unspecified atom stereocenters. The number of halogens is 1. The molecule has 0 N–H and O–H groups in total. The molecule has 1 fully saturated rings. The van der Waals surface area contributed by atoms with Crippen LogP contribution < -0.4 is 4.90 Å². The first-order chi connectivity index (χ1) is 9.92. The van der Waals surface area contributed by atoms with Crippen molar-refractivity contribution in [1.82, 2.24) is 9.97 Å². The normalized spacial score (nSPS) is 19.4. The highest BCUT2D eigenvalue weighted by Crippen LogP contribution is 2.27. The number of benzene rings is 1. The van der Waals surface area contributed by atoms with Gasteiger partial charge in [-0.3, -0.25) is 14.8 Å². The van der Waals surface area contributed by atoms with Crippen LogP contribution in [0.5, 0.6) is 0 Å². The molecule has 6 nitrogen and oxygen atoms in total. The van der Waals surface area contributed by atoms with E-state index in [2.05, 4.69) is 9.97 Å². The minimum Gasteiger partial charge on any atom is -0.312 e. The lowest BCUT2D eigenvalue weighted by molar-refractivity contribution is -0.117. The van der Waals surface area contributed by atoms with Crippen molar-refractivity contribution in [1.29, 1.82) is 0 Å². The number of nitrogens with zero attached hydrogens (tertiary/aromatic N) is 3. The van der Waals surface area contributed by atoms with Crippen molar-refractivity contribution >= 4 is 32.9 Å². The molecule has 2 aromatic rings. The summed E-state index contributed by atoms with van der Waals surface area (Å²) < 4.78 is 34.1. The molecule has 1 atom stereocenters. The number of amides is 1. The number of fused-ring (bicyclic) bond motifs is 1. The first-order valence-corrected chi connectivity index (χ1v) is 7.91. The molecule has 0 radical (unpaired) electrons. The highest BCUT2D eigenvalue weighted by Gasteiger charge is 2.33. The van der Waals surface area contributed by atoms with Gasteiger partial charge in [0, 0.05) is 37.0 Å². The zero-order chi connectivity index (χ0) is 15.0. The maximum atomic E-state index is 12.7. The lowest BCUT2D eigenvalue weighted by Crippen LogP contribution is -2.25. The fourth-order valence-corrected chi connectivity index (χ4v) is 3.33. The van der Waals surface area contributed by atoms with Crippen LogP contribution in [0, 0.1) is 5.92 Å². The molecule has 110 valence electrons. The first-order valence-electron chi connectivity index (χ1n) is 6.36. The van der Waals surface area contributed by atoms with Gasteiger partial charge in [0.05, 0.1) is 16.8 Å². The van der Waals surface area contributed by atoms with Crippen molar-refractivity contribution in [2.75, 3.05) is 17.2 Å². The second-order valence-electron chi connectivity index (χ2n) is 5.01. The number of rotatable bonds is 3. The Labute approximate surface area is 120 Å². The van der Waals surface area contributed by atoms with E-state index in [-0.39, 0.29) is 18.9 Å². The summed E-state index contributed by atoms with van der Waals surface area (Å²) >= 11 is 0. The van der Waals surface area contributed by atoms with Crippen molar-refractivity contribution in [2.45, 2.75) is 6.42 Å². The minimum atomic E-state index is -4.57. The molecule has 0 bridgehead atoms. The molecular formula is C13H12FN3O3S. The summed E-state index contributed by atoms with van der Waals surface area (Å²) in [6.07, 6.45) is 3.16. The molecular weight excluding hydrogens is 297 g/mol. The van der Waals surface area contributed by atoms with E-state index >= 15 is 0 Å². The molecule has 1 aromatic heterocycles. The molecule has 0 aliphatic carbocycles. The fraction of sp³-hybridized carbons (Fsp3) is 0.308. The Hall–Kier alpha value is -2.09. The Balaban J connectivity index is 1.87.